The molecular weight excluding hydrogens is 479 g/mol. The number of halogens is 1. The molecule has 0 saturated carbocycles. The van der Waals surface area contributed by atoms with E-state index in [0.29, 0.717) is 19.0 Å². The molecule has 0 aliphatic carbocycles. The van der Waals surface area contributed by atoms with E-state index in [1.54, 1.807) is 11.5 Å². The summed E-state index contributed by atoms with van der Waals surface area (Å²) in [7, 11) is 1.52. The first-order chi connectivity index (χ1) is 17.9. The average molecular weight is 519 g/mol. The number of pyridine rings is 2. The van der Waals surface area contributed by atoms with Crippen molar-refractivity contribution in [3.05, 3.63) is 33.9 Å². The van der Waals surface area contributed by atoms with Crippen molar-refractivity contribution in [3.63, 3.8) is 0 Å². The third kappa shape index (κ3) is 6.86. The SMILES string of the molecule is COC(C)OCCn1cc(C(=O)O)c(=O)c2cc(F)c(N3CCC(CCCC4CCNCC4)CC3)nc21. The smallest absolute Gasteiger partial charge is 0.341 e. The van der Waals surface area contributed by atoms with E-state index in [9.17, 15) is 14.7 Å². The van der Waals surface area contributed by atoms with Crippen LogP contribution in [0.2, 0.25) is 0 Å². The lowest BCUT2D eigenvalue weighted by molar-refractivity contribution is -0.112. The Balaban J connectivity index is 1.47. The Bertz CT molecular complexity index is 1130. The van der Waals surface area contributed by atoms with Gasteiger partial charge in [-0.3, -0.25) is 4.79 Å². The van der Waals surface area contributed by atoms with Gasteiger partial charge in [-0.05, 0) is 63.6 Å². The van der Waals surface area contributed by atoms with Crippen molar-refractivity contribution < 1.29 is 23.8 Å². The average Bonchev–Trinajstić information content (AvgIpc) is 2.90. The molecular formula is C27H39FN4O5. The van der Waals surface area contributed by atoms with Crippen molar-refractivity contribution in [2.45, 2.75) is 64.7 Å². The van der Waals surface area contributed by atoms with Gasteiger partial charge in [0.25, 0.3) is 0 Å². The number of ether oxygens (including phenoxy) is 2. The summed E-state index contributed by atoms with van der Waals surface area (Å²) < 4.78 is 27.4. The molecule has 4 rings (SSSR count). The fourth-order valence-corrected chi connectivity index (χ4v) is 5.51. The second-order valence-electron chi connectivity index (χ2n) is 10.3. The van der Waals surface area contributed by atoms with Gasteiger partial charge in [0.15, 0.2) is 17.9 Å². The van der Waals surface area contributed by atoms with Crippen molar-refractivity contribution in [1.82, 2.24) is 14.9 Å². The summed E-state index contributed by atoms with van der Waals surface area (Å²) >= 11 is 0. The topological polar surface area (TPSA) is 106 Å². The van der Waals surface area contributed by atoms with Gasteiger partial charge in [-0.1, -0.05) is 19.3 Å². The van der Waals surface area contributed by atoms with Crippen LogP contribution in [0.1, 0.15) is 62.2 Å². The highest BCUT2D eigenvalue weighted by molar-refractivity contribution is 5.92. The first-order valence-electron chi connectivity index (χ1n) is 13.4. The Morgan fingerprint density at radius 3 is 2.54 bits per heavy atom. The highest BCUT2D eigenvalue weighted by Crippen LogP contribution is 2.30. The number of nitrogens with zero attached hydrogens (tertiary/aromatic N) is 3. The fourth-order valence-electron chi connectivity index (χ4n) is 5.51. The molecule has 0 amide bonds. The van der Waals surface area contributed by atoms with Gasteiger partial charge in [0, 0.05) is 32.9 Å². The van der Waals surface area contributed by atoms with E-state index >= 15 is 4.39 Å². The molecule has 4 heterocycles. The van der Waals surface area contributed by atoms with Crippen molar-refractivity contribution in [2.24, 2.45) is 11.8 Å². The van der Waals surface area contributed by atoms with Crippen LogP contribution in [0.3, 0.4) is 0 Å². The van der Waals surface area contributed by atoms with Gasteiger partial charge < -0.3 is 29.4 Å². The third-order valence-corrected chi connectivity index (χ3v) is 7.83. The zero-order valence-corrected chi connectivity index (χ0v) is 21.9. The number of nitrogens with one attached hydrogen (secondary N) is 1. The molecule has 2 aromatic rings. The lowest BCUT2D eigenvalue weighted by Crippen LogP contribution is -2.35. The van der Waals surface area contributed by atoms with E-state index < -0.39 is 29.1 Å². The van der Waals surface area contributed by atoms with Crippen LogP contribution in [0.25, 0.3) is 11.0 Å². The van der Waals surface area contributed by atoms with Crippen molar-refractivity contribution >= 4 is 22.8 Å². The number of carbonyl (C=O) groups is 1. The molecule has 0 spiro atoms. The summed E-state index contributed by atoms with van der Waals surface area (Å²) in [6, 6.07) is 1.13. The standard InChI is InChI=1S/C27H39FN4O5/c1-18(36-2)37-15-14-32-17-22(27(34)35)24(33)21-16-23(28)26(30-25(21)32)31-12-8-20(9-13-31)5-3-4-19-6-10-29-11-7-19/h16-20,29H,3-15H2,1-2H3,(H,34,35). The number of fused-ring (bicyclic) bond motifs is 1. The number of aromatic carboxylic acids is 1. The Kier molecular flexibility index (Phi) is 9.50. The lowest BCUT2D eigenvalue weighted by atomic mass is 9.87. The van der Waals surface area contributed by atoms with Crippen LogP contribution < -0.4 is 15.6 Å². The minimum atomic E-state index is -1.36. The highest BCUT2D eigenvalue weighted by atomic mass is 19.1. The Morgan fingerprint density at radius 1 is 1.22 bits per heavy atom. The Morgan fingerprint density at radius 2 is 1.89 bits per heavy atom. The molecule has 37 heavy (non-hydrogen) atoms. The van der Waals surface area contributed by atoms with Crippen LogP contribution in [-0.2, 0) is 16.0 Å². The molecule has 2 saturated heterocycles. The van der Waals surface area contributed by atoms with Crippen LogP contribution in [-0.4, -0.2) is 66.8 Å². The van der Waals surface area contributed by atoms with Gasteiger partial charge in [-0.15, -0.1) is 0 Å². The highest BCUT2D eigenvalue weighted by Gasteiger charge is 2.25. The normalized spacial score (nSPS) is 18.4. The third-order valence-electron chi connectivity index (χ3n) is 7.83. The molecule has 9 nitrogen and oxygen atoms in total. The van der Waals surface area contributed by atoms with Crippen LogP contribution in [0.15, 0.2) is 17.1 Å². The molecule has 10 heteroatoms. The van der Waals surface area contributed by atoms with E-state index in [-0.39, 0.29) is 30.0 Å². The maximum Gasteiger partial charge on any atom is 0.341 e. The predicted molar refractivity (Wildman–Crippen MR) is 140 cm³/mol. The maximum atomic E-state index is 15.2. The van der Waals surface area contributed by atoms with Gasteiger partial charge >= 0.3 is 5.97 Å². The molecule has 0 radical (unpaired) electrons. The maximum absolute atomic E-state index is 15.2. The van der Waals surface area contributed by atoms with Crippen molar-refractivity contribution in [2.75, 3.05) is 44.8 Å². The zero-order valence-electron chi connectivity index (χ0n) is 21.9. The van der Waals surface area contributed by atoms with E-state index in [1.807, 2.05) is 4.90 Å². The molecule has 1 atom stereocenters. The summed E-state index contributed by atoms with van der Waals surface area (Å²) in [6.45, 7) is 5.88. The first kappa shape index (κ1) is 27.5. The Hall–Kier alpha value is -2.56. The summed E-state index contributed by atoms with van der Waals surface area (Å²) in [5.41, 5.74) is -0.911. The van der Waals surface area contributed by atoms with Gasteiger partial charge in [0.05, 0.1) is 12.0 Å². The largest absolute Gasteiger partial charge is 0.477 e. The molecule has 2 fully saturated rings. The number of hydrogen-bond acceptors (Lipinski definition) is 7. The van der Waals surface area contributed by atoms with E-state index in [1.165, 1.54) is 45.4 Å². The number of anilines is 1. The van der Waals surface area contributed by atoms with Gasteiger partial charge in [-0.25, -0.2) is 14.2 Å². The van der Waals surface area contributed by atoms with Crippen LogP contribution in [0, 0.1) is 17.7 Å². The minimum Gasteiger partial charge on any atom is -0.477 e. The quantitative estimate of drug-likeness (QED) is 0.435. The zero-order chi connectivity index (χ0) is 26.4. The molecule has 2 aliphatic rings. The number of hydrogen-bond donors (Lipinski definition) is 2. The van der Waals surface area contributed by atoms with Crippen LogP contribution >= 0.6 is 0 Å². The number of carboxylic acid groups (broad SMARTS) is 1. The molecule has 0 aromatic carbocycles. The lowest BCUT2D eigenvalue weighted by Gasteiger charge is -2.33. The van der Waals surface area contributed by atoms with E-state index in [2.05, 4.69) is 10.3 Å². The number of piperidine rings is 2. The summed E-state index contributed by atoms with van der Waals surface area (Å²) in [5, 5.41) is 12.9. The van der Waals surface area contributed by atoms with E-state index in [0.717, 1.165) is 37.9 Å². The summed E-state index contributed by atoms with van der Waals surface area (Å²) in [5.74, 6) is -0.272. The summed E-state index contributed by atoms with van der Waals surface area (Å²) in [4.78, 5) is 30.9. The van der Waals surface area contributed by atoms with Crippen molar-refractivity contribution in [3.8, 4) is 0 Å². The van der Waals surface area contributed by atoms with Crippen LogP contribution in [0.5, 0.6) is 0 Å². The number of methoxy groups -OCH3 is 1. The first-order valence-corrected chi connectivity index (χ1v) is 13.4. The molecule has 0 bridgehead atoms. The minimum absolute atomic E-state index is 0.0475. The molecule has 2 N–H and O–H groups in total. The second-order valence-corrected chi connectivity index (χ2v) is 10.3. The second kappa shape index (κ2) is 12.8. The fraction of sp³-hybridized carbons (Fsp3) is 0.667. The predicted octanol–water partition coefficient (Wildman–Crippen LogP) is 3.63. The van der Waals surface area contributed by atoms with Crippen molar-refractivity contribution in [1.29, 1.82) is 0 Å². The van der Waals surface area contributed by atoms with Crippen LogP contribution in [0.4, 0.5) is 10.2 Å². The van der Waals surface area contributed by atoms with Gasteiger partial charge in [-0.2, -0.15) is 0 Å². The molecule has 204 valence electrons. The molecule has 2 aromatic heterocycles. The Labute approximate surface area is 217 Å². The van der Waals surface area contributed by atoms with Gasteiger partial charge in [0.2, 0.25) is 5.43 Å². The molecule has 1 unspecified atom stereocenters. The number of carboxylic acids is 1. The van der Waals surface area contributed by atoms with Gasteiger partial charge in [0.1, 0.15) is 11.2 Å². The number of aromatic nitrogens is 2. The molecule has 2 aliphatic heterocycles. The monoisotopic (exact) mass is 518 g/mol. The van der Waals surface area contributed by atoms with E-state index in [4.69, 9.17) is 9.47 Å². The summed E-state index contributed by atoms with van der Waals surface area (Å²) in [6.07, 6.45) is 9.11. The number of rotatable bonds is 11.